The molecular formula is C10H8ClN3O3. The third-order valence-electron chi connectivity index (χ3n) is 2.08. The smallest absolute Gasteiger partial charge is 0.409 e. The Hall–Kier alpha value is -2.08. The van der Waals surface area contributed by atoms with E-state index >= 15 is 0 Å². The van der Waals surface area contributed by atoms with Gasteiger partial charge in [0.2, 0.25) is 0 Å². The number of aromatic nitrogens is 2. The van der Waals surface area contributed by atoms with E-state index in [-0.39, 0.29) is 5.15 Å². The van der Waals surface area contributed by atoms with Crippen LogP contribution in [0.15, 0.2) is 22.9 Å². The summed E-state index contributed by atoms with van der Waals surface area (Å²) in [4.78, 5) is 14.5. The molecule has 2 rings (SSSR count). The molecule has 7 heteroatoms. The van der Waals surface area contributed by atoms with Crippen LogP contribution in [0, 0.1) is 6.92 Å². The van der Waals surface area contributed by atoms with Crippen LogP contribution in [0.2, 0.25) is 5.15 Å². The first kappa shape index (κ1) is 11.4. The highest BCUT2D eigenvalue weighted by molar-refractivity contribution is 6.29. The fourth-order valence-corrected chi connectivity index (χ4v) is 1.54. The summed E-state index contributed by atoms with van der Waals surface area (Å²) in [7, 11) is 0. The summed E-state index contributed by atoms with van der Waals surface area (Å²) in [5.74, 6) is 0.314. The molecular weight excluding hydrogens is 246 g/mol. The minimum atomic E-state index is -1.18. The quantitative estimate of drug-likeness (QED) is 0.804. The number of carboxylic acid groups (broad SMARTS) is 1. The Bertz CT molecular complexity index is 568. The summed E-state index contributed by atoms with van der Waals surface area (Å²) in [6.07, 6.45) is 0.317. The number of nitrogens with zero attached hydrogens (tertiary/aromatic N) is 2. The number of nitrogens with one attached hydrogen (secondary N) is 1. The molecule has 88 valence electrons. The normalized spacial score (nSPS) is 10.2. The van der Waals surface area contributed by atoms with Crippen molar-refractivity contribution in [1.82, 2.24) is 10.1 Å². The van der Waals surface area contributed by atoms with Gasteiger partial charge in [0, 0.05) is 11.8 Å². The number of halogens is 1. The van der Waals surface area contributed by atoms with Gasteiger partial charge in [0.05, 0.1) is 0 Å². The highest BCUT2D eigenvalue weighted by atomic mass is 35.5. The van der Waals surface area contributed by atoms with E-state index in [1.54, 1.807) is 19.1 Å². The van der Waals surface area contributed by atoms with Gasteiger partial charge < -0.3 is 9.63 Å². The number of amides is 1. The van der Waals surface area contributed by atoms with Gasteiger partial charge in [-0.15, -0.1) is 0 Å². The molecule has 2 aromatic heterocycles. The van der Waals surface area contributed by atoms with Crippen LogP contribution >= 0.6 is 11.6 Å². The second-order valence-electron chi connectivity index (χ2n) is 3.27. The van der Waals surface area contributed by atoms with E-state index in [1.807, 2.05) is 0 Å². The topological polar surface area (TPSA) is 88.3 Å². The van der Waals surface area contributed by atoms with Crippen molar-refractivity contribution in [3.8, 4) is 11.3 Å². The lowest BCUT2D eigenvalue weighted by Crippen LogP contribution is -2.08. The molecule has 0 unspecified atom stereocenters. The van der Waals surface area contributed by atoms with E-state index < -0.39 is 6.09 Å². The number of anilines is 1. The second kappa shape index (κ2) is 4.42. The Morgan fingerprint density at radius 1 is 1.59 bits per heavy atom. The lowest BCUT2D eigenvalue weighted by Gasteiger charge is -2.01. The van der Waals surface area contributed by atoms with Crippen LogP contribution in [0.3, 0.4) is 0 Å². The number of pyridine rings is 1. The van der Waals surface area contributed by atoms with Crippen LogP contribution < -0.4 is 5.32 Å². The third-order valence-corrected chi connectivity index (χ3v) is 2.29. The van der Waals surface area contributed by atoms with Crippen LogP contribution in [-0.2, 0) is 0 Å². The Morgan fingerprint density at radius 2 is 2.35 bits per heavy atom. The van der Waals surface area contributed by atoms with E-state index in [9.17, 15) is 4.79 Å². The SMILES string of the molecule is Cc1noc(-c2ccnc(Cl)c2)c1NC(=O)O. The Morgan fingerprint density at radius 3 is 3.00 bits per heavy atom. The molecule has 2 heterocycles. The zero-order valence-corrected chi connectivity index (χ0v) is 9.52. The van der Waals surface area contributed by atoms with Crippen LogP contribution in [-0.4, -0.2) is 21.3 Å². The van der Waals surface area contributed by atoms with E-state index in [0.29, 0.717) is 22.7 Å². The zero-order valence-electron chi connectivity index (χ0n) is 8.77. The standard InChI is InChI=1S/C10H8ClN3O3/c1-5-8(13-10(15)16)9(17-14-5)6-2-3-12-7(11)4-6/h2-4,13H,1H3,(H,15,16). The van der Waals surface area contributed by atoms with Gasteiger partial charge in [-0.1, -0.05) is 16.8 Å². The van der Waals surface area contributed by atoms with Crippen LogP contribution in [0.1, 0.15) is 5.69 Å². The van der Waals surface area contributed by atoms with Crippen molar-refractivity contribution in [1.29, 1.82) is 0 Å². The minimum absolute atomic E-state index is 0.290. The Balaban J connectivity index is 2.48. The van der Waals surface area contributed by atoms with Gasteiger partial charge in [-0.3, -0.25) is 5.32 Å². The number of hydrogen-bond donors (Lipinski definition) is 2. The van der Waals surface area contributed by atoms with Gasteiger partial charge in [-0.2, -0.15) is 0 Å². The molecule has 0 saturated heterocycles. The predicted molar refractivity (Wildman–Crippen MR) is 61.1 cm³/mol. The summed E-state index contributed by atoms with van der Waals surface area (Å²) in [6, 6.07) is 3.22. The molecule has 6 nitrogen and oxygen atoms in total. The average molecular weight is 254 g/mol. The molecule has 0 aromatic carbocycles. The maximum Gasteiger partial charge on any atom is 0.409 e. The number of carbonyl (C=O) groups is 1. The van der Waals surface area contributed by atoms with E-state index in [0.717, 1.165) is 0 Å². The summed E-state index contributed by atoms with van der Waals surface area (Å²) < 4.78 is 5.08. The molecule has 0 aliphatic rings. The maximum atomic E-state index is 10.7. The van der Waals surface area contributed by atoms with Gasteiger partial charge >= 0.3 is 6.09 Å². The molecule has 0 saturated carbocycles. The molecule has 0 bridgehead atoms. The number of hydrogen-bond acceptors (Lipinski definition) is 4. The lowest BCUT2D eigenvalue weighted by atomic mass is 10.2. The molecule has 0 atom stereocenters. The van der Waals surface area contributed by atoms with E-state index in [1.165, 1.54) is 6.20 Å². The lowest BCUT2D eigenvalue weighted by molar-refractivity contribution is 0.209. The predicted octanol–water partition coefficient (Wildman–Crippen LogP) is 2.79. The molecule has 2 N–H and O–H groups in total. The summed E-state index contributed by atoms with van der Waals surface area (Å²) in [5.41, 5.74) is 1.37. The second-order valence-corrected chi connectivity index (χ2v) is 3.66. The van der Waals surface area contributed by atoms with Gasteiger partial charge in [-0.25, -0.2) is 9.78 Å². The highest BCUT2D eigenvalue weighted by Crippen LogP contribution is 2.31. The zero-order chi connectivity index (χ0) is 12.4. The Labute approximate surface area is 101 Å². The van der Waals surface area contributed by atoms with Gasteiger partial charge in [0.15, 0.2) is 5.76 Å². The highest BCUT2D eigenvalue weighted by Gasteiger charge is 2.17. The molecule has 0 aliphatic carbocycles. The van der Waals surface area contributed by atoms with Crippen molar-refractivity contribution >= 4 is 23.4 Å². The molecule has 0 spiro atoms. The average Bonchev–Trinajstić information content (AvgIpc) is 2.60. The molecule has 1 amide bonds. The summed E-state index contributed by atoms with van der Waals surface area (Å²) >= 11 is 5.75. The number of aryl methyl sites for hydroxylation is 1. The molecule has 0 radical (unpaired) electrons. The molecule has 17 heavy (non-hydrogen) atoms. The van der Waals surface area contributed by atoms with Crippen LogP contribution in [0.25, 0.3) is 11.3 Å². The summed E-state index contributed by atoms with van der Waals surface area (Å²) in [6.45, 7) is 1.64. The summed E-state index contributed by atoms with van der Waals surface area (Å²) in [5, 5.41) is 15.0. The van der Waals surface area contributed by atoms with E-state index in [4.69, 9.17) is 21.2 Å². The largest absolute Gasteiger partial charge is 0.465 e. The maximum absolute atomic E-state index is 10.7. The van der Waals surface area contributed by atoms with Crippen molar-refractivity contribution in [2.75, 3.05) is 5.32 Å². The first-order valence-corrected chi connectivity index (χ1v) is 5.04. The van der Waals surface area contributed by atoms with Crippen molar-refractivity contribution in [3.63, 3.8) is 0 Å². The fraction of sp³-hybridized carbons (Fsp3) is 0.100. The first-order chi connectivity index (χ1) is 8.08. The number of rotatable bonds is 2. The molecule has 2 aromatic rings. The van der Waals surface area contributed by atoms with Crippen LogP contribution in [0.5, 0.6) is 0 Å². The van der Waals surface area contributed by atoms with Gasteiger partial charge in [-0.05, 0) is 19.1 Å². The first-order valence-electron chi connectivity index (χ1n) is 4.66. The monoisotopic (exact) mass is 253 g/mol. The van der Waals surface area contributed by atoms with Crippen molar-refractivity contribution in [2.24, 2.45) is 0 Å². The van der Waals surface area contributed by atoms with Crippen molar-refractivity contribution in [3.05, 3.63) is 29.2 Å². The van der Waals surface area contributed by atoms with Crippen LogP contribution in [0.4, 0.5) is 10.5 Å². The fourth-order valence-electron chi connectivity index (χ4n) is 1.36. The van der Waals surface area contributed by atoms with E-state index in [2.05, 4.69) is 15.5 Å². The van der Waals surface area contributed by atoms with Crippen molar-refractivity contribution < 1.29 is 14.4 Å². The van der Waals surface area contributed by atoms with Crippen molar-refractivity contribution in [2.45, 2.75) is 6.92 Å². The van der Waals surface area contributed by atoms with Gasteiger partial charge in [0.25, 0.3) is 0 Å². The van der Waals surface area contributed by atoms with Gasteiger partial charge in [0.1, 0.15) is 16.5 Å². The Kier molecular flexibility index (Phi) is 2.97. The molecule has 0 fully saturated rings. The molecule has 0 aliphatic heterocycles. The third kappa shape index (κ3) is 2.36. The minimum Gasteiger partial charge on any atom is -0.465 e.